The van der Waals surface area contributed by atoms with E-state index in [1.54, 1.807) is 36.4 Å². The fourth-order valence-corrected chi connectivity index (χ4v) is 2.34. The Morgan fingerprint density at radius 1 is 0.905 bits per heavy atom. The Morgan fingerprint density at radius 3 is 2.19 bits per heavy atom. The molecule has 108 valence electrons. The van der Waals surface area contributed by atoms with E-state index in [1.165, 1.54) is 0 Å². The SMILES string of the molecule is Cc1c(Br)cccc1C(=O)NNC(=O)c1ccc(Br)cc1. The number of nitrogens with one attached hydrogen (secondary N) is 2. The second-order valence-electron chi connectivity index (χ2n) is 4.33. The molecule has 0 spiro atoms. The van der Waals surface area contributed by atoms with Gasteiger partial charge in [-0.25, -0.2) is 0 Å². The molecule has 6 heteroatoms. The maximum absolute atomic E-state index is 12.1. The number of halogens is 2. The zero-order valence-electron chi connectivity index (χ0n) is 11.1. The summed E-state index contributed by atoms with van der Waals surface area (Å²) in [5.41, 5.74) is 6.58. The van der Waals surface area contributed by atoms with Crippen LogP contribution in [0, 0.1) is 6.92 Å². The number of carbonyl (C=O) groups excluding carboxylic acids is 2. The van der Waals surface area contributed by atoms with Crippen LogP contribution in [0.25, 0.3) is 0 Å². The second-order valence-corrected chi connectivity index (χ2v) is 6.10. The Bertz CT molecular complexity index is 685. The molecule has 2 amide bonds. The van der Waals surface area contributed by atoms with Crippen LogP contribution in [-0.2, 0) is 0 Å². The van der Waals surface area contributed by atoms with E-state index >= 15 is 0 Å². The van der Waals surface area contributed by atoms with Crippen molar-refractivity contribution >= 4 is 43.7 Å². The van der Waals surface area contributed by atoms with Crippen molar-refractivity contribution < 1.29 is 9.59 Å². The average Bonchev–Trinajstić information content (AvgIpc) is 2.48. The maximum atomic E-state index is 12.1. The molecule has 0 aliphatic rings. The van der Waals surface area contributed by atoms with E-state index < -0.39 is 0 Å². The van der Waals surface area contributed by atoms with Gasteiger partial charge in [0.2, 0.25) is 0 Å². The summed E-state index contributed by atoms with van der Waals surface area (Å²) in [5, 5.41) is 0. The van der Waals surface area contributed by atoms with E-state index in [-0.39, 0.29) is 11.8 Å². The van der Waals surface area contributed by atoms with Gasteiger partial charge in [-0.1, -0.05) is 37.9 Å². The first-order valence-electron chi connectivity index (χ1n) is 6.10. The lowest BCUT2D eigenvalue weighted by molar-refractivity contribution is 0.0846. The third kappa shape index (κ3) is 3.92. The van der Waals surface area contributed by atoms with Crippen molar-refractivity contribution in [3.63, 3.8) is 0 Å². The normalized spacial score (nSPS) is 10.0. The zero-order chi connectivity index (χ0) is 15.4. The Balaban J connectivity index is 2.02. The van der Waals surface area contributed by atoms with Gasteiger partial charge in [-0.3, -0.25) is 20.4 Å². The predicted octanol–water partition coefficient (Wildman–Crippen LogP) is 3.59. The Morgan fingerprint density at radius 2 is 1.52 bits per heavy atom. The molecule has 0 saturated heterocycles. The van der Waals surface area contributed by atoms with Crippen molar-refractivity contribution in [2.45, 2.75) is 6.92 Å². The van der Waals surface area contributed by atoms with Gasteiger partial charge in [-0.05, 0) is 48.9 Å². The summed E-state index contributed by atoms with van der Waals surface area (Å²) in [6.45, 7) is 1.83. The van der Waals surface area contributed by atoms with Crippen molar-refractivity contribution in [2.24, 2.45) is 0 Å². The molecule has 0 aliphatic heterocycles. The van der Waals surface area contributed by atoms with Crippen molar-refractivity contribution in [1.82, 2.24) is 10.9 Å². The molecule has 0 bridgehead atoms. The number of hydrazine groups is 1. The molecule has 0 aromatic heterocycles. The molecule has 2 aromatic rings. The largest absolute Gasteiger partial charge is 0.270 e. The third-order valence-corrected chi connectivity index (χ3v) is 4.30. The molecule has 2 rings (SSSR count). The minimum Gasteiger partial charge on any atom is -0.267 e. The Hall–Kier alpha value is -1.66. The smallest absolute Gasteiger partial charge is 0.267 e. The van der Waals surface area contributed by atoms with Gasteiger partial charge in [0.15, 0.2) is 0 Å². The van der Waals surface area contributed by atoms with Crippen LogP contribution in [0.4, 0.5) is 0 Å². The zero-order valence-corrected chi connectivity index (χ0v) is 14.3. The minimum absolute atomic E-state index is 0.362. The first-order chi connectivity index (χ1) is 9.99. The van der Waals surface area contributed by atoms with E-state index in [9.17, 15) is 9.59 Å². The number of amides is 2. The highest BCUT2D eigenvalue weighted by molar-refractivity contribution is 9.10. The highest BCUT2D eigenvalue weighted by Crippen LogP contribution is 2.19. The van der Waals surface area contributed by atoms with Gasteiger partial charge in [0, 0.05) is 20.1 Å². The number of rotatable bonds is 2. The topological polar surface area (TPSA) is 58.2 Å². The van der Waals surface area contributed by atoms with Crippen LogP contribution in [0.3, 0.4) is 0 Å². The standard InChI is InChI=1S/C15H12Br2N2O2/c1-9-12(3-2-4-13(9)17)15(21)19-18-14(20)10-5-7-11(16)8-6-10/h2-8H,1H3,(H,18,20)(H,19,21). The van der Waals surface area contributed by atoms with Gasteiger partial charge in [0.25, 0.3) is 11.8 Å². The van der Waals surface area contributed by atoms with Crippen LogP contribution in [0.2, 0.25) is 0 Å². The summed E-state index contributed by atoms with van der Waals surface area (Å²) < 4.78 is 1.72. The van der Waals surface area contributed by atoms with Crippen molar-refractivity contribution in [3.8, 4) is 0 Å². The van der Waals surface area contributed by atoms with E-state index in [1.807, 2.05) is 13.0 Å². The van der Waals surface area contributed by atoms with E-state index in [0.717, 1.165) is 14.5 Å². The van der Waals surface area contributed by atoms with Crippen LogP contribution in [0.5, 0.6) is 0 Å². The number of carbonyl (C=O) groups is 2. The average molecular weight is 412 g/mol. The predicted molar refractivity (Wildman–Crippen MR) is 88.0 cm³/mol. The number of benzene rings is 2. The quantitative estimate of drug-likeness (QED) is 0.741. The summed E-state index contributed by atoms with van der Waals surface area (Å²) in [5.74, 6) is -0.734. The lowest BCUT2D eigenvalue weighted by Crippen LogP contribution is -2.41. The van der Waals surface area contributed by atoms with E-state index in [0.29, 0.717) is 11.1 Å². The molecule has 2 aromatic carbocycles. The van der Waals surface area contributed by atoms with Crippen LogP contribution < -0.4 is 10.9 Å². The lowest BCUT2D eigenvalue weighted by Gasteiger charge is -2.10. The van der Waals surface area contributed by atoms with Crippen LogP contribution in [0.1, 0.15) is 26.3 Å². The number of hydrogen-bond donors (Lipinski definition) is 2. The lowest BCUT2D eigenvalue weighted by atomic mass is 10.1. The highest BCUT2D eigenvalue weighted by Gasteiger charge is 2.12. The van der Waals surface area contributed by atoms with Gasteiger partial charge in [0.05, 0.1) is 0 Å². The van der Waals surface area contributed by atoms with Crippen molar-refractivity contribution in [2.75, 3.05) is 0 Å². The molecule has 0 saturated carbocycles. The number of hydrogen-bond acceptors (Lipinski definition) is 2. The molecule has 0 atom stereocenters. The maximum Gasteiger partial charge on any atom is 0.270 e. The molecule has 0 aliphatic carbocycles. The summed E-state index contributed by atoms with van der Waals surface area (Å²) in [4.78, 5) is 23.9. The summed E-state index contributed by atoms with van der Waals surface area (Å²) in [7, 11) is 0. The monoisotopic (exact) mass is 410 g/mol. The van der Waals surface area contributed by atoms with Gasteiger partial charge in [0.1, 0.15) is 0 Å². The summed E-state index contributed by atoms with van der Waals surface area (Å²) >= 11 is 6.66. The fourth-order valence-electron chi connectivity index (χ4n) is 1.71. The third-order valence-electron chi connectivity index (χ3n) is 2.91. The molecule has 21 heavy (non-hydrogen) atoms. The van der Waals surface area contributed by atoms with Crippen molar-refractivity contribution in [1.29, 1.82) is 0 Å². The molecular formula is C15H12Br2N2O2. The van der Waals surface area contributed by atoms with Crippen LogP contribution >= 0.6 is 31.9 Å². The molecular weight excluding hydrogens is 400 g/mol. The first-order valence-corrected chi connectivity index (χ1v) is 7.69. The van der Waals surface area contributed by atoms with E-state index in [4.69, 9.17) is 0 Å². The molecule has 0 fully saturated rings. The summed E-state index contributed by atoms with van der Waals surface area (Å²) in [6, 6.07) is 12.2. The molecule has 2 N–H and O–H groups in total. The van der Waals surface area contributed by atoms with Crippen LogP contribution in [0.15, 0.2) is 51.4 Å². The van der Waals surface area contributed by atoms with Gasteiger partial charge >= 0.3 is 0 Å². The minimum atomic E-state index is -0.372. The Labute approximate surface area is 139 Å². The Kier molecular flexibility index (Phi) is 5.14. The summed E-state index contributed by atoms with van der Waals surface area (Å²) in [6.07, 6.45) is 0. The molecule has 0 radical (unpaired) electrons. The van der Waals surface area contributed by atoms with Gasteiger partial charge < -0.3 is 0 Å². The molecule has 0 heterocycles. The molecule has 4 nitrogen and oxygen atoms in total. The van der Waals surface area contributed by atoms with Crippen LogP contribution in [-0.4, -0.2) is 11.8 Å². The van der Waals surface area contributed by atoms with Gasteiger partial charge in [-0.2, -0.15) is 0 Å². The second kappa shape index (κ2) is 6.87. The van der Waals surface area contributed by atoms with Crippen molar-refractivity contribution in [3.05, 3.63) is 68.1 Å². The van der Waals surface area contributed by atoms with Gasteiger partial charge in [-0.15, -0.1) is 0 Å². The highest BCUT2D eigenvalue weighted by atomic mass is 79.9. The first kappa shape index (κ1) is 15.7. The van der Waals surface area contributed by atoms with E-state index in [2.05, 4.69) is 42.7 Å². The molecule has 0 unspecified atom stereocenters. The fraction of sp³-hybridized carbons (Fsp3) is 0.0667.